The van der Waals surface area contributed by atoms with E-state index in [-0.39, 0.29) is 23.7 Å². The number of nitrogens with one attached hydrogen (secondary N) is 1. The average molecular weight is 304 g/mol. The molecule has 1 aliphatic rings. The van der Waals surface area contributed by atoms with Gasteiger partial charge in [0.05, 0.1) is 13.1 Å². The van der Waals surface area contributed by atoms with Gasteiger partial charge in [-0.15, -0.1) is 23.7 Å². The van der Waals surface area contributed by atoms with E-state index in [1.807, 2.05) is 17.5 Å². The third-order valence-corrected chi connectivity index (χ3v) is 4.41. The van der Waals surface area contributed by atoms with Gasteiger partial charge in [-0.25, -0.2) is 0 Å². The van der Waals surface area contributed by atoms with E-state index in [9.17, 15) is 4.79 Å². The maximum Gasteiger partial charge on any atom is 0.234 e. The molecule has 0 saturated carbocycles. The molecule has 0 aromatic carbocycles. The molecule has 1 aromatic heterocycles. The van der Waals surface area contributed by atoms with Crippen molar-refractivity contribution in [3.05, 3.63) is 22.4 Å². The van der Waals surface area contributed by atoms with Gasteiger partial charge in [0.25, 0.3) is 0 Å². The highest BCUT2D eigenvalue weighted by molar-refractivity contribution is 7.09. The Hall–Kier alpha value is -0.620. The molecular weight excluding hydrogens is 282 g/mol. The van der Waals surface area contributed by atoms with E-state index in [1.165, 1.54) is 4.88 Å². The first-order valence-electron chi connectivity index (χ1n) is 6.33. The van der Waals surface area contributed by atoms with Crippen molar-refractivity contribution in [1.29, 1.82) is 0 Å². The summed E-state index contributed by atoms with van der Waals surface area (Å²) in [7, 11) is 0. The molecule has 0 aliphatic carbocycles. The number of amides is 1. The van der Waals surface area contributed by atoms with E-state index >= 15 is 0 Å². The van der Waals surface area contributed by atoms with Crippen LogP contribution >= 0.6 is 23.7 Å². The summed E-state index contributed by atoms with van der Waals surface area (Å²) >= 11 is 1.67. The van der Waals surface area contributed by atoms with Gasteiger partial charge >= 0.3 is 0 Å². The fourth-order valence-corrected chi connectivity index (χ4v) is 2.93. The van der Waals surface area contributed by atoms with Crippen LogP contribution < -0.4 is 11.1 Å². The average Bonchev–Trinajstić information content (AvgIpc) is 2.97. The number of nitrogens with two attached hydrogens (primary N) is 1. The molecule has 0 spiro atoms. The zero-order valence-corrected chi connectivity index (χ0v) is 12.9. The third-order valence-electron chi connectivity index (χ3n) is 3.54. The van der Waals surface area contributed by atoms with Crippen LogP contribution in [0.3, 0.4) is 0 Å². The molecule has 1 aromatic rings. The van der Waals surface area contributed by atoms with Crippen LogP contribution in [0.5, 0.6) is 0 Å². The van der Waals surface area contributed by atoms with Gasteiger partial charge in [0.2, 0.25) is 5.91 Å². The topological polar surface area (TPSA) is 58.4 Å². The van der Waals surface area contributed by atoms with Crippen molar-refractivity contribution in [3.63, 3.8) is 0 Å². The second kappa shape index (κ2) is 7.24. The van der Waals surface area contributed by atoms with E-state index in [0.717, 1.165) is 19.5 Å². The normalized spacial score (nSPS) is 23.1. The van der Waals surface area contributed by atoms with E-state index in [4.69, 9.17) is 5.73 Å². The molecule has 1 amide bonds. The monoisotopic (exact) mass is 303 g/mol. The number of nitrogens with zero attached hydrogens (tertiary/aromatic N) is 1. The predicted molar refractivity (Wildman–Crippen MR) is 81.6 cm³/mol. The van der Waals surface area contributed by atoms with Crippen molar-refractivity contribution in [2.75, 3.05) is 26.2 Å². The van der Waals surface area contributed by atoms with Gasteiger partial charge in [0.1, 0.15) is 0 Å². The summed E-state index contributed by atoms with van der Waals surface area (Å²) in [5.41, 5.74) is 5.95. The van der Waals surface area contributed by atoms with Gasteiger partial charge in [-0.2, -0.15) is 0 Å². The standard InChI is InChI=1S/C13H21N3OS.ClH/c1-13(9-14)4-5-16(10-13)8-12(17)15-7-11-3-2-6-18-11;/h2-3,6H,4-5,7-10,14H2,1H3,(H,15,17);1H. The molecule has 6 heteroatoms. The Balaban J connectivity index is 0.00000180. The summed E-state index contributed by atoms with van der Waals surface area (Å²) in [4.78, 5) is 15.2. The number of carbonyl (C=O) groups excluding carboxylic acids is 1. The van der Waals surface area contributed by atoms with Crippen LogP contribution in [0.4, 0.5) is 0 Å². The molecule has 0 radical (unpaired) electrons. The highest BCUT2D eigenvalue weighted by Gasteiger charge is 2.32. The molecule has 2 rings (SSSR count). The minimum atomic E-state index is 0. The van der Waals surface area contributed by atoms with Gasteiger partial charge in [0, 0.05) is 11.4 Å². The summed E-state index contributed by atoms with van der Waals surface area (Å²) in [6, 6.07) is 4.03. The van der Waals surface area contributed by atoms with Crippen LogP contribution in [0.1, 0.15) is 18.2 Å². The molecule has 1 fully saturated rings. The highest BCUT2D eigenvalue weighted by atomic mass is 35.5. The molecule has 108 valence electrons. The van der Waals surface area contributed by atoms with Gasteiger partial charge < -0.3 is 11.1 Å². The molecule has 1 atom stereocenters. The lowest BCUT2D eigenvalue weighted by atomic mass is 9.90. The van der Waals surface area contributed by atoms with Crippen LogP contribution in [-0.2, 0) is 11.3 Å². The van der Waals surface area contributed by atoms with E-state index in [0.29, 0.717) is 19.6 Å². The zero-order valence-electron chi connectivity index (χ0n) is 11.2. The summed E-state index contributed by atoms with van der Waals surface area (Å²) in [6.07, 6.45) is 1.09. The number of hydrogen-bond donors (Lipinski definition) is 2. The fourth-order valence-electron chi connectivity index (χ4n) is 2.29. The number of hydrogen-bond acceptors (Lipinski definition) is 4. The van der Waals surface area contributed by atoms with Gasteiger partial charge in [0.15, 0.2) is 0 Å². The van der Waals surface area contributed by atoms with Crippen molar-refractivity contribution in [2.45, 2.75) is 19.9 Å². The minimum absolute atomic E-state index is 0. The van der Waals surface area contributed by atoms with Gasteiger partial charge in [-0.3, -0.25) is 9.69 Å². The number of halogens is 1. The quantitative estimate of drug-likeness (QED) is 0.866. The minimum Gasteiger partial charge on any atom is -0.350 e. The van der Waals surface area contributed by atoms with Crippen LogP contribution in [-0.4, -0.2) is 37.0 Å². The van der Waals surface area contributed by atoms with Crippen LogP contribution in [0, 0.1) is 5.41 Å². The third kappa shape index (κ3) is 4.76. The first-order chi connectivity index (χ1) is 8.61. The Kier molecular flexibility index (Phi) is 6.26. The molecule has 2 heterocycles. The van der Waals surface area contributed by atoms with E-state index in [1.54, 1.807) is 11.3 Å². The number of carbonyl (C=O) groups is 1. The Labute approximate surface area is 124 Å². The first-order valence-corrected chi connectivity index (χ1v) is 7.21. The summed E-state index contributed by atoms with van der Waals surface area (Å²) in [5, 5.41) is 4.98. The molecule has 3 N–H and O–H groups in total. The maximum atomic E-state index is 11.8. The predicted octanol–water partition coefficient (Wildman–Crippen LogP) is 1.46. The second-order valence-electron chi connectivity index (χ2n) is 5.33. The molecule has 1 saturated heterocycles. The summed E-state index contributed by atoms with van der Waals surface area (Å²) in [6.45, 7) is 5.91. The summed E-state index contributed by atoms with van der Waals surface area (Å²) < 4.78 is 0. The lowest BCUT2D eigenvalue weighted by Crippen LogP contribution is -2.38. The lowest BCUT2D eigenvalue weighted by Gasteiger charge is -2.22. The lowest BCUT2D eigenvalue weighted by molar-refractivity contribution is -0.122. The maximum absolute atomic E-state index is 11.8. The van der Waals surface area contributed by atoms with E-state index < -0.39 is 0 Å². The van der Waals surface area contributed by atoms with Crippen LogP contribution in [0.15, 0.2) is 17.5 Å². The summed E-state index contributed by atoms with van der Waals surface area (Å²) in [5.74, 6) is 0.102. The van der Waals surface area contributed by atoms with Crippen LogP contribution in [0.25, 0.3) is 0 Å². The molecule has 4 nitrogen and oxygen atoms in total. The van der Waals surface area contributed by atoms with Crippen molar-refractivity contribution in [2.24, 2.45) is 11.1 Å². The van der Waals surface area contributed by atoms with E-state index in [2.05, 4.69) is 17.1 Å². The molecule has 1 aliphatic heterocycles. The highest BCUT2D eigenvalue weighted by Crippen LogP contribution is 2.27. The molecule has 19 heavy (non-hydrogen) atoms. The Morgan fingerprint density at radius 3 is 3.00 bits per heavy atom. The van der Waals surface area contributed by atoms with Crippen LogP contribution in [0.2, 0.25) is 0 Å². The smallest absolute Gasteiger partial charge is 0.234 e. The first kappa shape index (κ1) is 16.4. The molecular formula is C13H22ClN3OS. The fraction of sp³-hybridized carbons (Fsp3) is 0.615. The van der Waals surface area contributed by atoms with Crippen molar-refractivity contribution in [1.82, 2.24) is 10.2 Å². The zero-order chi connectivity index (χ0) is 13.0. The SMILES string of the molecule is CC1(CN)CCN(CC(=O)NCc2cccs2)C1.Cl. The van der Waals surface area contributed by atoms with Gasteiger partial charge in [-0.1, -0.05) is 13.0 Å². The Morgan fingerprint density at radius 1 is 1.63 bits per heavy atom. The second-order valence-corrected chi connectivity index (χ2v) is 6.36. The number of thiophene rings is 1. The van der Waals surface area contributed by atoms with Gasteiger partial charge in [-0.05, 0) is 36.4 Å². The number of rotatable bonds is 5. The van der Waals surface area contributed by atoms with Crippen molar-refractivity contribution in [3.8, 4) is 0 Å². The number of likely N-dealkylation sites (tertiary alicyclic amines) is 1. The Bertz CT molecular complexity index is 399. The van der Waals surface area contributed by atoms with Crippen molar-refractivity contribution >= 4 is 29.7 Å². The molecule has 0 bridgehead atoms. The Morgan fingerprint density at radius 2 is 2.42 bits per heavy atom. The largest absolute Gasteiger partial charge is 0.350 e. The van der Waals surface area contributed by atoms with Crippen molar-refractivity contribution < 1.29 is 4.79 Å². The molecule has 1 unspecified atom stereocenters.